The number of hydrogen-bond acceptors (Lipinski definition) is 3. The molecule has 0 spiro atoms. The molecule has 0 bridgehead atoms. The molecular weight excluding hydrogens is 180 g/mol. The van der Waals surface area contributed by atoms with Gasteiger partial charge >= 0.3 is 0 Å². The van der Waals surface area contributed by atoms with Gasteiger partial charge in [0.2, 0.25) is 0 Å². The van der Waals surface area contributed by atoms with Gasteiger partial charge in [0.05, 0.1) is 5.04 Å². The minimum absolute atomic E-state index is 0.483. The second-order valence-corrected chi connectivity index (χ2v) is 4.54. The SMILES string of the molecule is CCC(CC)C1=NC(C)(N)C=CS1. The monoisotopic (exact) mass is 198 g/mol. The molecule has 0 aromatic heterocycles. The Morgan fingerprint density at radius 3 is 2.62 bits per heavy atom. The van der Waals surface area contributed by atoms with E-state index in [4.69, 9.17) is 5.73 Å². The normalized spacial score (nSPS) is 27.9. The topological polar surface area (TPSA) is 38.4 Å². The Labute approximate surface area is 84.7 Å². The Balaban J connectivity index is 2.76. The van der Waals surface area contributed by atoms with Crippen LogP contribution in [0.25, 0.3) is 0 Å². The highest BCUT2D eigenvalue weighted by Crippen LogP contribution is 2.27. The summed E-state index contributed by atoms with van der Waals surface area (Å²) in [6, 6.07) is 0. The number of thioether (sulfide) groups is 1. The zero-order chi connectivity index (χ0) is 9.90. The van der Waals surface area contributed by atoms with Gasteiger partial charge in [-0.2, -0.15) is 0 Å². The van der Waals surface area contributed by atoms with Crippen LogP contribution in [0.4, 0.5) is 0 Å². The molecule has 1 heterocycles. The number of nitrogens with zero attached hydrogens (tertiary/aromatic N) is 1. The lowest BCUT2D eigenvalue weighted by Crippen LogP contribution is -2.34. The Hall–Kier alpha value is -0.280. The molecule has 0 saturated carbocycles. The molecule has 1 aliphatic rings. The summed E-state index contributed by atoms with van der Waals surface area (Å²) in [7, 11) is 0. The van der Waals surface area contributed by atoms with Crippen molar-refractivity contribution in [3.05, 3.63) is 11.5 Å². The summed E-state index contributed by atoms with van der Waals surface area (Å²) in [5, 5.41) is 3.25. The maximum absolute atomic E-state index is 5.93. The molecule has 0 radical (unpaired) electrons. The molecule has 1 rings (SSSR count). The Bertz CT molecular complexity index is 227. The molecule has 2 nitrogen and oxygen atoms in total. The first-order valence-corrected chi connectivity index (χ1v) is 5.70. The lowest BCUT2D eigenvalue weighted by Gasteiger charge is -2.24. The second-order valence-electron chi connectivity index (χ2n) is 3.61. The maximum atomic E-state index is 5.93. The van der Waals surface area contributed by atoms with E-state index >= 15 is 0 Å². The van der Waals surface area contributed by atoms with E-state index in [9.17, 15) is 0 Å². The van der Waals surface area contributed by atoms with Crippen LogP contribution in [0, 0.1) is 5.92 Å². The van der Waals surface area contributed by atoms with Gasteiger partial charge in [-0.25, -0.2) is 0 Å². The molecule has 0 aromatic carbocycles. The zero-order valence-corrected chi connectivity index (χ0v) is 9.40. The smallest absolute Gasteiger partial charge is 0.125 e. The summed E-state index contributed by atoms with van der Waals surface area (Å²) in [5.41, 5.74) is 5.44. The van der Waals surface area contributed by atoms with E-state index in [-0.39, 0.29) is 0 Å². The molecule has 0 aliphatic carbocycles. The van der Waals surface area contributed by atoms with E-state index < -0.39 is 5.66 Å². The van der Waals surface area contributed by atoms with Crippen LogP contribution in [0.5, 0.6) is 0 Å². The van der Waals surface area contributed by atoms with Gasteiger partial charge in [-0.15, -0.1) is 0 Å². The molecule has 1 unspecified atom stereocenters. The van der Waals surface area contributed by atoms with Crippen molar-refractivity contribution < 1.29 is 0 Å². The third kappa shape index (κ3) is 2.85. The average Bonchev–Trinajstić information content (AvgIpc) is 2.05. The minimum atomic E-state index is -0.483. The molecule has 13 heavy (non-hydrogen) atoms. The summed E-state index contributed by atoms with van der Waals surface area (Å²) in [6.45, 7) is 6.33. The molecule has 2 N–H and O–H groups in total. The van der Waals surface area contributed by atoms with Crippen LogP contribution < -0.4 is 5.73 Å². The second kappa shape index (κ2) is 4.29. The Morgan fingerprint density at radius 1 is 1.54 bits per heavy atom. The van der Waals surface area contributed by atoms with E-state index in [1.54, 1.807) is 11.8 Å². The van der Waals surface area contributed by atoms with Gasteiger partial charge in [0.25, 0.3) is 0 Å². The predicted octanol–water partition coefficient (Wildman–Crippen LogP) is 2.76. The summed E-state index contributed by atoms with van der Waals surface area (Å²) < 4.78 is 0. The zero-order valence-electron chi connectivity index (χ0n) is 8.58. The van der Waals surface area contributed by atoms with Crippen molar-refractivity contribution in [1.82, 2.24) is 0 Å². The summed E-state index contributed by atoms with van der Waals surface area (Å²) in [5.74, 6) is 0.581. The van der Waals surface area contributed by atoms with Crippen LogP contribution in [-0.4, -0.2) is 10.7 Å². The van der Waals surface area contributed by atoms with Gasteiger partial charge < -0.3 is 5.73 Å². The largest absolute Gasteiger partial charge is 0.304 e. The van der Waals surface area contributed by atoms with Crippen LogP contribution in [0.1, 0.15) is 33.6 Å². The molecule has 1 atom stereocenters. The van der Waals surface area contributed by atoms with Gasteiger partial charge in [0, 0.05) is 5.92 Å². The Kier molecular flexibility index (Phi) is 3.56. The minimum Gasteiger partial charge on any atom is -0.304 e. The Morgan fingerprint density at radius 2 is 2.15 bits per heavy atom. The van der Waals surface area contributed by atoms with Crippen molar-refractivity contribution in [2.75, 3.05) is 0 Å². The summed E-state index contributed by atoms with van der Waals surface area (Å²) >= 11 is 1.71. The number of nitrogens with two attached hydrogens (primary N) is 1. The van der Waals surface area contributed by atoms with Crippen LogP contribution >= 0.6 is 11.8 Å². The van der Waals surface area contributed by atoms with Crippen LogP contribution in [0.15, 0.2) is 16.5 Å². The third-order valence-corrected chi connectivity index (χ3v) is 3.22. The lowest BCUT2D eigenvalue weighted by molar-refractivity contribution is 0.594. The van der Waals surface area contributed by atoms with E-state index in [1.165, 1.54) is 5.04 Å². The van der Waals surface area contributed by atoms with Crippen molar-refractivity contribution in [2.24, 2.45) is 16.6 Å². The molecule has 0 fully saturated rings. The molecule has 0 aromatic rings. The third-order valence-electron chi connectivity index (χ3n) is 2.28. The van der Waals surface area contributed by atoms with Crippen molar-refractivity contribution in [3.8, 4) is 0 Å². The van der Waals surface area contributed by atoms with E-state index in [0.29, 0.717) is 5.92 Å². The van der Waals surface area contributed by atoms with Crippen molar-refractivity contribution in [2.45, 2.75) is 39.3 Å². The van der Waals surface area contributed by atoms with Gasteiger partial charge in [-0.05, 0) is 31.2 Å². The van der Waals surface area contributed by atoms with Crippen LogP contribution in [-0.2, 0) is 0 Å². The fourth-order valence-electron chi connectivity index (χ4n) is 1.37. The molecule has 74 valence electrons. The highest BCUT2D eigenvalue weighted by atomic mass is 32.2. The number of aliphatic imine (C=N–C) groups is 1. The molecular formula is C10H18N2S. The van der Waals surface area contributed by atoms with Crippen molar-refractivity contribution in [1.29, 1.82) is 0 Å². The highest BCUT2D eigenvalue weighted by Gasteiger charge is 2.21. The van der Waals surface area contributed by atoms with Crippen LogP contribution in [0.3, 0.4) is 0 Å². The van der Waals surface area contributed by atoms with Gasteiger partial charge in [0.15, 0.2) is 0 Å². The first-order chi connectivity index (χ1) is 6.09. The molecule has 1 aliphatic heterocycles. The molecule has 0 saturated heterocycles. The predicted molar refractivity (Wildman–Crippen MR) is 60.8 cm³/mol. The highest BCUT2D eigenvalue weighted by molar-refractivity contribution is 8.16. The lowest BCUT2D eigenvalue weighted by atomic mass is 10.0. The number of rotatable bonds is 3. The van der Waals surface area contributed by atoms with Crippen molar-refractivity contribution >= 4 is 16.8 Å². The van der Waals surface area contributed by atoms with Gasteiger partial charge in [-0.3, -0.25) is 4.99 Å². The van der Waals surface area contributed by atoms with Crippen molar-refractivity contribution in [3.63, 3.8) is 0 Å². The number of hydrogen-bond donors (Lipinski definition) is 1. The summed E-state index contributed by atoms with van der Waals surface area (Å²) in [4.78, 5) is 4.53. The van der Waals surface area contributed by atoms with E-state index in [0.717, 1.165) is 12.8 Å². The van der Waals surface area contributed by atoms with Gasteiger partial charge in [0.1, 0.15) is 5.66 Å². The van der Waals surface area contributed by atoms with Gasteiger partial charge in [-0.1, -0.05) is 25.6 Å². The maximum Gasteiger partial charge on any atom is 0.125 e. The van der Waals surface area contributed by atoms with E-state index in [1.807, 2.05) is 13.0 Å². The van der Waals surface area contributed by atoms with Crippen LogP contribution in [0.2, 0.25) is 0 Å². The van der Waals surface area contributed by atoms with E-state index in [2.05, 4.69) is 24.2 Å². The fourth-order valence-corrected chi connectivity index (χ4v) is 2.63. The summed E-state index contributed by atoms with van der Waals surface area (Å²) in [6.07, 6.45) is 4.24. The first kappa shape index (κ1) is 10.8. The molecule has 3 heteroatoms. The average molecular weight is 198 g/mol. The fraction of sp³-hybridized carbons (Fsp3) is 0.700. The first-order valence-electron chi connectivity index (χ1n) is 4.82. The molecule has 0 amide bonds. The standard InChI is InChI=1S/C10H18N2S/c1-4-8(5-2)9-12-10(3,11)6-7-13-9/h6-8H,4-5,11H2,1-3H3. The quantitative estimate of drug-likeness (QED) is 0.757.